The van der Waals surface area contributed by atoms with E-state index in [1.54, 1.807) is 29.1 Å². The summed E-state index contributed by atoms with van der Waals surface area (Å²) in [4.78, 5) is 10.9. The zero-order chi connectivity index (χ0) is 14.8. The first-order valence-electron chi connectivity index (χ1n) is 6.06. The van der Waals surface area contributed by atoms with E-state index >= 15 is 0 Å². The third-order valence-electron chi connectivity index (χ3n) is 2.83. The van der Waals surface area contributed by atoms with Gasteiger partial charge in [-0.25, -0.2) is 9.48 Å². The largest absolute Gasteiger partial charge is 0.479 e. The number of aromatic nitrogens is 2. The molecule has 0 saturated heterocycles. The maximum atomic E-state index is 10.9. The number of hydrogen-bond acceptors (Lipinski definition) is 3. The van der Waals surface area contributed by atoms with Crippen molar-refractivity contribution in [1.29, 1.82) is 0 Å². The molecule has 1 heterocycles. The van der Waals surface area contributed by atoms with E-state index in [-0.39, 0.29) is 6.61 Å². The first-order chi connectivity index (χ1) is 9.38. The number of halogens is 1. The first-order valence-corrected chi connectivity index (χ1v) is 6.44. The molecule has 106 valence electrons. The van der Waals surface area contributed by atoms with Crippen LogP contribution in [0.2, 0.25) is 5.02 Å². The Balaban J connectivity index is 2.06. The van der Waals surface area contributed by atoms with Gasteiger partial charge in [-0.2, -0.15) is 5.10 Å². The van der Waals surface area contributed by atoms with Gasteiger partial charge >= 0.3 is 5.97 Å². The number of carbonyl (C=O) groups is 1. The molecule has 2 aromatic rings. The summed E-state index contributed by atoms with van der Waals surface area (Å²) >= 11 is 5.83. The molecule has 0 fully saturated rings. The van der Waals surface area contributed by atoms with Crippen LogP contribution in [0.3, 0.4) is 0 Å². The van der Waals surface area contributed by atoms with Crippen molar-refractivity contribution in [3.05, 3.63) is 47.2 Å². The van der Waals surface area contributed by atoms with Crippen molar-refractivity contribution in [1.82, 2.24) is 9.78 Å². The molecular weight excluding hydrogens is 280 g/mol. The molecular formula is C14H15ClN2O3. The van der Waals surface area contributed by atoms with E-state index in [0.717, 1.165) is 5.69 Å². The highest BCUT2D eigenvalue weighted by atomic mass is 35.5. The van der Waals surface area contributed by atoms with Crippen molar-refractivity contribution in [2.75, 3.05) is 0 Å². The molecule has 2 rings (SSSR count). The molecule has 1 aromatic heterocycles. The van der Waals surface area contributed by atoms with Gasteiger partial charge in [0.15, 0.2) is 5.60 Å². The van der Waals surface area contributed by atoms with Gasteiger partial charge in [-0.1, -0.05) is 11.6 Å². The van der Waals surface area contributed by atoms with E-state index in [4.69, 9.17) is 21.4 Å². The number of aliphatic carboxylic acids is 1. The average Bonchev–Trinajstić information content (AvgIpc) is 2.86. The molecule has 0 spiro atoms. The fourth-order valence-corrected chi connectivity index (χ4v) is 1.62. The predicted octanol–water partition coefficient (Wildman–Crippen LogP) is 2.91. The van der Waals surface area contributed by atoms with E-state index in [1.807, 2.05) is 12.1 Å². The Morgan fingerprint density at radius 3 is 2.60 bits per heavy atom. The second kappa shape index (κ2) is 5.64. The molecule has 0 unspecified atom stereocenters. The van der Waals surface area contributed by atoms with Crippen molar-refractivity contribution in [2.45, 2.75) is 26.1 Å². The Morgan fingerprint density at radius 2 is 2.00 bits per heavy atom. The molecule has 0 saturated carbocycles. The van der Waals surface area contributed by atoms with Gasteiger partial charge in [0.05, 0.1) is 18.0 Å². The SMILES string of the molecule is CC(C)(OCc1ccn(-c2ccc(Cl)cc2)n1)C(=O)O. The molecule has 6 heteroatoms. The van der Waals surface area contributed by atoms with Gasteiger partial charge in [0, 0.05) is 11.2 Å². The standard InChI is InChI=1S/C14H15ClN2O3/c1-14(2,13(18)19)20-9-11-7-8-17(16-11)12-5-3-10(15)4-6-12/h3-8H,9H2,1-2H3,(H,18,19). The second-order valence-electron chi connectivity index (χ2n) is 4.83. The lowest BCUT2D eigenvalue weighted by molar-refractivity contribution is -0.162. The Bertz CT molecular complexity index is 605. The second-order valence-corrected chi connectivity index (χ2v) is 5.27. The van der Waals surface area contributed by atoms with Crippen LogP contribution in [0, 0.1) is 0 Å². The summed E-state index contributed by atoms with van der Waals surface area (Å²) in [6.07, 6.45) is 1.79. The Hall–Kier alpha value is -1.85. The zero-order valence-electron chi connectivity index (χ0n) is 11.2. The topological polar surface area (TPSA) is 64.4 Å². The van der Waals surface area contributed by atoms with Crippen LogP contribution in [0.25, 0.3) is 5.69 Å². The Labute approximate surface area is 121 Å². The normalized spacial score (nSPS) is 11.6. The minimum atomic E-state index is -1.23. The number of nitrogens with zero attached hydrogens (tertiary/aromatic N) is 2. The van der Waals surface area contributed by atoms with Gasteiger partial charge in [0.25, 0.3) is 0 Å². The van der Waals surface area contributed by atoms with Crippen molar-refractivity contribution in [3.8, 4) is 5.69 Å². The number of rotatable bonds is 5. The van der Waals surface area contributed by atoms with Crippen LogP contribution in [0.15, 0.2) is 36.5 Å². The van der Waals surface area contributed by atoms with E-state index in [1.165, 1.54) is 13.8 Å². The van der Waals surface area contributed by atoms with Crippen molar-refractivity contribution in [2.24, 2.45) is 0 Å². The zero-order valence-corrected chi connectivity index (χ0v) is 12.0. The average molecular weight is 295 g/mol. The lowest BCUT2D eigenvalue weighted by Crippen LogP contribution is -2.34. The van der Waals surface area contributed by atoms with E-state index in [2.05, 4.69) is 5.10 Å². The molecule has 1 aromatic carbocycles. The monoisotopic (exact) mass is 294 g/mol. The number of benzene rings is 1. The number of carboxylic acids is 1. The molecule has 1 N–H and O–H groups in total. The van der Waals surface area contributed by atoms with E-state index < -0.39 is 11.6 Å². The number of carboxylic acid groups (broad SMARTS) is 1. The molecule has 0 aliphatic heterocycles. The third-order valence-corrected chi connectivity index (χ3v) is 3.08. The van der Waals surface area contributed by atoms with Crippen LogP contribution >= 0.6 is 11.6 Å². The van der Waals surface area contributed by atoms with Crippen molar-refractivity contribution >= 4 is 17.6 Å². The van der Waals surface area contributed by atoms with Crippen LogP contribution in [0.4, 0.5) is 0 Å². The minimum Gasteiger partial charge on any atom is -0.479 e. The van der Waals surface area contributed by atoms with Gasteiger partial charge in [-0.05, 0) is 44.2 Å². The minimum absolute atomic E-state index is 0.139. The summed E-state index contributed by atoms with van der Waals surface area (Å²) in [7, 11) is 0. The summed E-state index contributed by atoms with van der Waals surface area (Å²) in [6.45, 7) is 3.15. The quantitative estimate of drug-likeness (QED) is 0.921. The lowest BCUT2D eigenvalue weighted by atomic mass is 10.1. The summed E-state index contributed by atoms with van der Waals surface area (Å²) in [6, 6.07) is 9.04. The van der Waals surface area contributed by atoms with Crippen molar-refractivity contribution < 1.29 is 14.6 Å². The molecule has 5 nitrogen and oxygen atoms in total. The van der Waals surface area contributed by atoms with Gasteiger partial charge in [0.2, 0.25) is 0 Å². The number of ether oxygens (including phenoxy) is 1. The lowest BCUT2D eigenvalue weighted by Gasteiger charge is -2.19. The van der Waals surface area contributed by atoms with Crippen LogP contribution in [-0.2, 0) is 16.1 Å². The Kier molecular flexibility index (Phi) is 4.11. The van der Waals surface area contributed by atoms with Crippen LogP contribution in [-0.4, -0.2) is 26.5 Å². The maximum absolute atomic E-state index is 10.9. The van der Waals surface area contributed by atoms with Gasteiger partial charge in [-0.15, -0.1) is 0 Å². The highest BCUT2D eigenvalue weighted by Crippen LogP contribution is 2.15. The van der Waals surface area contributed by atoms with Crippen molar-refractivity contribution in [3.63, 3.8) is 0 Å². The summed E-state index contributed by atoms with van der Waals surface area (Å²) in [5.74, 6) is -1.00. The number of hydrogen-bond donors (Lipinski definition) is 1. The van der Waals surface area contributed by atoms with E-state index in [0.29, 0.717) is 10.7 Å². The maximum Gasteiger partial charge on any atom is 0.335 e. The summed E-state index contributed by atoms with van der Waals surface area (Å²) in [5.41, 5.74) is 0.303. The van der Waals surface area contributed by atoms with Gasteiger partial charge in [-0.3, -0.25) is 0 Å². The fourth-order valence-electron chi connectivity index (χ4n) is 1.49. The fraction of sp³-hybridized carbons (Fsp3) is 0.286. The van der Waals surface area contributed by atoms with Gasteiger partial charge in [0.1, 0.15) is 0 Å². The molecule has 0 bridgehead atoms. The molecule has 20 heavy (non-hydrogen) atoms. The van der Waals surface area contributed by atoms with Crippen LogP contribution in [0.1, 0.15) is 19.5 Å². The molecule has 0 atom stereocenters. The highest BCUT2D eigenvalue weighted by molar-refractivity contribution is 6.30. The molecule has 0 aliphatic carbocycles. The third kappa shape index (κ3) is 3.37. The summed E-state index contributed by atoms with van der Waals surface area (Å²) < 4.78 is 7.03. The van der Waals surface area contributed by atoms with E-state index in [9.17, 15) is 4.79 Å². The van der Waals surface area contributed by atoms with Crippen LogP contribution < -0.4 is 0 Å². The summed E-state index contributed by atoms with van der Waals surface area (Å²) in [5, 5.41) is 14.0. The molecule has 0 amide bonds. The first kappa shape index (κ1) is 14.6. The smallest absolute Gasteiger partial charge is 0.335 e. The molecule has 0 aliphatic rings. The van der Waals surface area contributed by atoms with Crippen LogP contribution in [0.5, 0.6) is 0 Å². The molecule has 0 radical (unpaired) electrons. The Morgan fingerprint density at radius 1 is 1.35 bits per heavy atom. The predicted molar refractivity (Wildman–Crippen MR) is 75.1 cm³/mol. The highest BCUT2D eigenvalue weighted by Gasteiger charge is 2.28. The van der Waals surface area contributed by atoms with Gasteiger partial charge < -0.3 is 9.84 Å².